The van der Waals surface area contributed by atoms with Crippen LogP contribution in [-0.2, 0) is 15.0 Å². The second-order valence-electron chi connectivity index (χ2n) is 11.2. The van der Waals surface area contributed by atoms with Crippen molar-refractivity contribution in [3.05, 3.63) is 47.5 Å². The molecule has 190 valence electrons. The van der Waals surface area contributed by atoms with Gasteiger partial charge in [-0.3, -0.25) is 9.59 Å². The first kappa shape index (κ1) is 29.4. The zero-order valence-electron chi connectivity index (χ0n) is 22.7. The molecule has 0 bridgehead atoms. The molecule has 6 heteroatoms. The summed E-state index contributed by atoms with van der Waals surface area (Å²) in [6.45, 7) is 18.0. The molecule has 0 fully saturated rings. The molecule has 6 nitrogen and oxygen atoms in total. The van der Waals surface area contributed by atoms with E-state index in [-0.39, 0.29) is 35.1 Å². The van der Waals surface area contributed by atoms with Crippen LogP contribution >= 0.6 is 0 Å². The number of oxime groups is 1. The predicted octanol–water partition coefficient (Wildman–Crippen LogP) is 5.41. The summed E-state index contributed by atoms with van der Waals surface area (Å²) in [5.41, 5.74) is 0.983. The van der Waals surface area contributed by atoms with Crippen LogP contribution < -0.4 is 5.32 Å². The van der Waals surface area contributed by atoms with E-state index in [0.29, 0.717) is 6.42 Å². The molecular formula is C28H45N3O3. The lowest BCUT2D eigenvalue weighted by atomic mass is 9.71. The Morgan fingerprint density at radius 1 is 1.12 bits per heavy atom. The van der Waals surface area contributed by atoms with Crippen LogP contribution in [0.5, 0.6) is 0 Å². The first-order chi connectivity index (χ1) is 15.7. The number of nitrogens with zero attached hydrogens (tertiary/aromatic N) is 2. The predicted molar refractivity (Wildman–Crippen MR) is 140 cm³/mol. The lowest BCUT2D eigenvalue weighted by Gasteiger charge is -2.39. The number of amides is 2. The van der Waals surface area contributed by atoms with E-state index in [9.17, 15) is 9.59 Å². The molecule has 2 N–H and O–H groups in total. The Morgan fingerprint density at radius 3 is 2.12 bits per heavy atom. The Hall–Kier alpha value is -2.63. The molecule has 0 radical (unpaired) electrons. The molecule has 0 spiro atoms. The number of likely N-dealkylation sites (N-methyl/N-ethyl adjacent to an activating group) is 1. The number of nitrogens with one attached hydrogen (secondary N) is 1. The minimum atomic E-state index is -0.688. The fraction of sp³-hybridized carbons (Fsp3) is 0.607. The normalized spacial score (nSPS) is 15.8. The van der Waals surface area contributed by atoms with E-state index in [1.165, 1.54) is 6.21 Å². The average molecular weight is 472 g/mol. The zero-order valence-corrected chi connectivity index (χ0v) is 22.7. The van der Waals surface area contributed by atoms with Crippen LogP contribution in [0.2, 0.25) is 0 Å². The molecule has 0 aromatic heterocycles. The fourth-order valence-corrected chi connectivity index (χ4v) is 4.49. The molecule has 0 aliphatic heterocycles. The third kappa shape index (κ3) is 7.44. The van der Waals surface area contributed by atoms with Gasteiger partial charge >= 0.3 is 0 Å². The van der Waals surface area contributed by atoms with Gasteiger partial charge in [0.05, 0.1) is 12.3 Å². The minimum Gasteiger partial charge on any atom is -0.411 e. The molecule has 3 atom stereocenters. The van der Waals surface area contributed by atoms with Gasteiger partial charge in [0.15, 0.2) is 0 Å². The SMILES string of the molecule is CC[C@H](C(=O)N[C@H](C(=O)N(C)[C@H](/C=C(\C)C=NO)C(C)C)C(C)(C)C)C(C)(C)c1ccccc1. The number of hydrogen-bond donors (Lipinski definition) is 2. The maximum absolute atomic E-state index is 13.7. The molecule has 1 aromatic rings. The van der Waals surface area contributed by atoms with E-state index < -0.39 is 11.5 Å². The van der Waals surface area contributed by atoms with E-state index in [2.05, 4.69) is 24.3 Å². The van der Waals surface area contributed by atoms with Gasteiger partial charge in [0.25, 0.3) is 0 Å². The average Bonchev–Trinajstić information content (AvgIpc) is 2.75. The van der Waals surface area contributed by atoms with Crippen molar-refractivity contribution in [2.75, 3.05) is 7.05 Å². The van der Waals surface area contributed by atoms with E-state index in [1.807, 2.05) is 84.9 Å². The first-order valence-electron chi connectivity index (χ1n) is 12.2. The maximum Gasteiger partial charge on any atom is 0.245 e. The maximum atomic E-state index is 13.7. The van der Waals surface area contributed by atoms with Crippen molar-refractivity contribution in [1.29, 1.82) is 0 Å². The van der Waals surface area contributed by atoms with Crippen molar-refractivity contribution in [1.82, 2.24) is 10.2 Å². The van der Waals surface area contributed by atoms with Crippen molar-refractivity contribution < 1.29 is 14.8 Å². The third-order valence-corrected chi connectivity index (χ3v) is 6.69. The van der Waals surface area contributed by atoms with Crippen LogP contribution in [0, 0.1) is 17.3 Å². The van der Waals surface area contributed by atoms with Crippen molar-refractivity contribution >= 4 is 18.0 Å². The van der Waals surface area contributed by atoms with E-state index >= 15 is 0 Å². The van der Waals surface area contributed by atoms with Crippen LogP contribution in [0.25, 0.3) is 0 Å². The molecule has 2 amide bonds. The first-order valence-corrected chi connectivity index (χ1v) is 12.2. The van der Waals surface area contributed by atoms with Crippen molar-refractivity contribution in [2.45, 2.75) is 86.2 Å². The number of carbonyl (C=O) groups excluding carboxylic acids is 2. The van der Waals surface area contributed by atoms with Crippen molar-refractivity contribution in [2.24, 2.45) is 22.4 Å². The second kappa shape index (κ2) is 12.2. The fourth-order valence-electron chi connectivity index (χ4n) is 4.49. The van der Waals surface area contributed by atoms with Gasteiger partial charge in [0, 0.05) is 18.4 Å². The Balaban J connectivity index is 3.27. The van der Waals surface area contributed by atoms with Crippen LogP contribution in [0.1, 0.15) is 74.3 Å². The standard InChI is InChI=1S/C28H45N3O3/c1-11-22(28(8,9)21-15-13-12-14-16-21)25(32)30-24(27(5,6)7)26(33)31(10)23(19(2)3)17-20(4)18-29-34/h12-19,22-24,34H,11H2,1-10H3,(H,30,32)/b20-17+,29-18?/t22-,23-,24-/m1/s1. The van der Waals surface area contributed by atoms with E-state index in [1.54, 1.807) is 11.9 Å². The molecule has 0 aliphatic carbocycles. The molecule has 0 saturated heterocycles. The number of benzene rings is 1. The molecule has 0 unspecified atom stereocenters. The summed E-state index contributed by atoms with van der Waals surface area (Å²) in [4.78, 5) is 29.0. The number of rotatable bonds is 10. The summed E-state index contributed by atoms with van der Waals surface area (Å²) < 4.78 is 0. The van der Waals surface area contributed by atoms with Gasteiger partial charge in [0.2, 0.25) is 11.8 Å². The highest BCUT2D eigenvalue weighted by atomic mass is 16.4. The van der Waals surface area contributed by atoms with Crippen molar-refractivity contribution in [3.8, 4) is 0 Å². The molecule has 1 aromatic carbocycles. The molecule has 0 heterocycles. The number of allylic oxidation sites excluding steroid dienone is 1. The van der Waals surface area contributed by atoms with E-state index in [4.69, 9.17) is 5.21 Å². The molecule has 0 aliphatic rings. The third-order valence-electron chi connectivity index (χ3n) is 6.69. The highest BCUT2D eigenvalue weighted by molar-refractivity contribution is 5.90. The smallest absolute Gasteiger partial charge is 0.245 e. The largest absolute Gasteiger partial charge is 0.411 e. The van der Waals surface area contributed by atoms with Gasteiger partial charge in [-0.2, -0.15) is 0 Å². The van der Waals surface area contributed by atoms with Crippen LogP contribution in [-0.4, -0.2) is 47.3 Å². The Bertz CT molecular complexity index is 867. The van der Waals surface area contributed by atoms with Crippen LogP contribution in [0.15, 0.2) is 47.1 Å². The topological polar surface area (TPSA) is 82.0 Å². The summed E-state index contributed by atoms with van der Waals surface area (Å²) >= 11 is 0. The highest BCUT2D eigenvalue weighted by Gasteiger charge is 2.41. The summed E-state index contributed by atoms with van der Waals surface area (Å²) in [7, 11) is 1.77. The van der Waals surface area contributed by atoms with Crippen LogP contribution in [0.3, 0.4) is 0 Å². The lowest BCUT2D eigenvalue weighted by molar-refractivity contribution is -0.141. The molecule has 0 saturated carbocycles. The minimum absolute atomic E-state index is 0.113. The zero-order chi connectivity index (χ0) is 26.3. The summed E-state index contributed by atoms with van der Waals surface area (Å²) in [5, 5.41) is 15.1. The van der Waals surface area contributed by atoms with Crippen molar-refractivity contribution in [3.63, 3.8) is 0 Å². The molecule has 34 heavy (non-hydrogen) atoms. The van der Waals surface area contributed by atoms with Gasteiger partial charge in [-0.15, -0.1) is 0 Å². The summed E-state index contributed by atoms with van der Waals surface area (Å²) in [5.74, 6) is -0.412. The van der Waals surface area contributed by atoms with Gasteiger partial charge in [-0.1, -0.05) is 97.0 Å². The number of carbonyl (C=O) groups is 2. The highest BCUT2D eigenvalue weighted by Crippen LogP contribution is 2.34. The van der Waals surface area contributed by atoms with E-state index in [0.717, 1.165) is 11.1 Å². The lowest BCUT2D eigenvalue weighted by Crippen LogP contribution is -2.58. The monoisotopic (exact) mass is 471 g/mol. The Morgan fingerprint density at radius 2 is 1.68 bits per heavy atom. The quantitative estimate of drug-likeness (QED) is 0.272. The molecule has 1 rings (SSSR count). The van der Waals surface area contributed by atoms with Gasteiger partial charge in [-0.25, -0.2) is 0 Å². The summed E-state index contributed by atoms with van der Waals surface area (Å²) in [6, 6.07) is 9.14. The molecular weight excluding hydrogens is 426 g/mol. The van der Waals surface area contributed by atoms with Gasteiger partial charge < -0.3 is 15.4 Å². The summed E-state index contributed by atoms with van der Waals surface area (Å²) in [6.07, 6.45) is 3.93. The van der Waals surface area contributed by atoms with Crippen LogP contribution in [0.4, 0.5) is 0 Å². The number of hydrogen-bond acceptors (Lipinski definition) is 4. The van der Waals surface area contributed by atoms with Gasteiger partial charge in [0.1, 0.15) is 6.04 Å². The Labute approximate surface area is 206 Å². The Kier molecular flexibility index (Phi) is 10.5. The second-order valence-corrected chi connectivity index (χ2v) is 11.2. The van der Waals surface area contributed by atoms with Gasteiger partial charge in [-0.05, 0) is 35.8 Å².